The summed E-state index contributed by atoms with van der Waals surface area (Å²) in [5.74, 6) is -1.41. The highest BCUT2D eigenvalue weighted by Gasteiger charge is 2.17. The summed E-state index contributed by atoms with van der Waals surface area (Å²) in [5, 5.41) is 9.01. The van der Waals surface area contributed by atoms with E-state index >= 15 is 0 Å². The van der Waals surface area contributed by atoms with E-state index in [9.17, 15) is 9.18 Å². The molecule has 2 aromatic rings. The molecule has 7 heteroatoms. The van der Waals surface area contributed by atoms with Crippen LogP contribution in [0.5, 0.6) is 11.8 Å². The first-order chi connectivity index (χ1) is 12.0. The van der Waals surface area contributed by atoms with E-state index in [2.05, 4.69) is 4.98 Å². The number of carbonyl (C=O) groups is 1. The zero-order valence-corrected chi connectivity index (χ0v) is 14.1. The fourth-order valence-corrected chi connectivity index (χ4v) is 2.95. The highest BCUT2D eigenvalue weighted by atomic mass is 35.5. The van der Waals surface area contributed by atoms with Gasteiger partial charge in [0.05, 0.1) is 5.56 Å². The molecule has 5 nitrogen and oxygen atoms in total. The summed E-state index contributed by atoms with van der Waals surface area (Å²) >= 11 is 6.00. The number of halogens is 2. The average Bonchev–Trinajstić information content (AvgIpc) is 3.08. The number of hydrogen-bond acceptors (Lipinski definition) is 4. The van der Waals surface area contributed by atoms with Crippen molar-refractivity contribution in [1.29, 1.82) is 0 Å². The zero-order chi connectivity index (χ0) is 17.8. The summed E-state index contributed by atoms with van der Waals surface area (Å²) in [6.45, 7) is -0.0322. The Labute approximate surface area is 149 Å². The number of carboxylic acid groups (broad SMARTS) is 1. The normalized spacial score (nSPS) is 14.5. The Bertz CT molecular complexity index is 778. The van der Waals surface area contributed by atoms with E-state index in [1.54, 1.807) is 18.2 Å². The maximum absolute atomic E-state index is 13.8. The van der Waals surface area contributed by atoms with Crippen molar-refractivity contribution in [2.45, 2.75) is 38.4 Å². The minimum absolute atomic E-state index is 0.0322. The Morgan fingerprint density at radius 3 is 2.72 bits per heavy atom. The Kier molecular flexibility index (Phi) is 5.38. The first kappa shape index (κ1) is 17.5. The molecular weight excluding hydrogens is 349 g/mol. The van der Waals surface area contributed by atoms with Crippen molar-refractivity contribution in [1.82, 2.24) is 4.98 Å². The van der Waals surface area contributed by atoms with Crippen LogP contribution in [0, 0.1) is 5.82 Å². The first-order valence-electron chi connectivity index (χ1n) is 8.00. The summed E-state index contributed by atoms with van der Waals surface area (Å²) in [5.41, 5.74) is -0.132. The van der Waals surface area contributed by atoms with Gasteiger partial charge in [-0.1, -0.05) is 17.7 Å². The maximum Gasteiger partial charge on any atom is 0.338 e. The predicted octanol–water partition coefficient (Wildman–Crippen LogP) is 4.47. The van der Waals surface area contributed by atoms with Gasteiger partial charge in [-0.15, -0.1) is 0 Å². The number of carboxylic acids is 1. The molecule has 1 saturated carbocycles. The monoisotopic (exact) mass is 365 g/mol. The molecule has 25 heavy (non-hydrogen) atoms. The summed E-state index contributed by atoms with van der Waals surface area (Å²) in [6.07, 6.45) is 4.57. The molecule has 1 fully saturated rings. The van der Waals surface area contributed by atoms with Gasteiger partial charge >= 0.3 is 5.97 Å². The lowest BCUT2D eigenvalue weighted by molar-refractivity contribution is 0.0691. The Balaban J connectivity index is 1.67. The number of aromatic carboxylic acids is 1. The van der Waals surface area contributed by atoms with Crippen molar-refractivity contribution in [2.75, 3.05) is 0 Å². The van der Waals surface area contributed by atoms with Gasteiger partial charge in [-0.3, -0.25) is 0 Å². The summed E-state index contributed by atoms with van der Waals surface area (Å²) < 4.78 is 25.1. The van der Waals surface area contributed by atoms with Gasteiger partial charge in [0.2, 0.25) is 11.8 Å². The minimum Gasteiger partial charge on any atom is -0.478 e. The van der Waals surface area contributed by atoms with Crippen LogP contribution in [0.15, 0.2) is 30.3 Å². The average molecular weight is 366 g/mol. The minimum atomic E-state index is -1.37. The fraction of sp³-hybridized carbons (Fsp3) is 0.333. The summed E-state index contributed by atoms with van der Waals surface area (Å²) in [6, 6.07) is 7.33. The van der Waals surface area contributed by atoms with Gasteiger partial charge in [-0.05, 0) is 37.8 Å². The van der Waals surface area contributed by atoms with Gasteiger partial charge in [0.25, 0.3) is 0 Å². The smallest absolute Gasteiger partial charge is 0.338 e. The molecule has 0 radical (unpaired) electrons. The molecule has 132 valence electrons. The molecule has 1 aliphatic carbocycles. The lowest BCUT2D eigenvalue weighted by Crippen LogP contribution is -2.12. The zero-order valence-electron chi connectivity index (χ0n) is 13.4. The predicted molar refractivity (Wildman–Crippen MR) is 89.8 cm³/mol. The third kappa shape index (κ3) is 4.39. The van der Waals surface area contributed by atoms with Crippen LogP contribution in [0.3, 0.4) is 0 Å². The Morgan fingerprint density at radius 2 is 2.00 bits per heavy atom. The van der Waals surface area contributed by atoms with Crippen LogP contribution in [0.4, 0.5) is 4.39 Å². The number of ether oxygens (including phenoxy) is 2. The van der Waals surface area contributed by atoms with Crippen molar-refractivity contribution in [3.8, 4) is 11.8 Å². The van der Waals surface area contributed by atoms with Crippen LogP contribution in [0.2, 0.25) is 5.02 Å². The number of pyridine rings is 1. The van der Waals surface area contributed by atoms with Crippen molar-refractivity contribution in [2.24, 2.45) is 0 Å². The van der Waals surface area contributed by atoms with Gasteiger partial charge in [0.15, 0.2) is 0 Å². The number of aromatic nitrogens is 1. The Morgan fingerprint density at radius 1 is 1.28 bits per heavy atom. The van der Waals surface area contributed by atoms with E-state index in [4.69, 9.17) is 26.2 Å². The van der Waals surface area contributed by atoms with E-state index in [-0.39, 0.29) is 17.7 Å². The number of hydrogen-bond donors (Lipinski definition) is 1. The molecule has 0 unspecified atom stereocenters. The summed E-state index contributed by atoms with van der Waals surface area (Å²) in [4.78, 5) is 15.2. The number of benzene rings is 1. The van der Waals surface area contributed by atoms with E-state index in [1.807, 2.05) is 0 Å². The molecule has 1 heterocycles. The van der Waals surface area contributed by atoms with E-state index in [0.29, 0.717) is 17.3 Å². The van der Waals surface area contributed by atoms with Crippen LogP contribution in [-0.2, 0) is 6.61 Å². The number of rotatable bonds is 6. The van der Waals surface area contributed by atoms with Crippen molar-refractivity contribution >= 4 is 17.6 Å². The molecule has 1 aliphatic rings. The molecule has 1 aromatic carbocycles. The molecule has 0 aliphatic heterocycles. The second kappa shape index (κ2) is 7.70. The number of nitrogens with zero attached hydrogens (tertiary/aromatic N) is 1. The van der Waals surface area contributed by atoms with Gasteiger partial charge in [0.1, 0.15) is 18.5 Å². The third-order valence-corrected chi connectivity index (χ3v) is 4.38. The summed E-state index contributed by atoms with van der Waals surface area (Å²) in [7, 11) is 0. The van der Waals surface area contributed by atoms with Gasteiger partial charge in [0, 0.05) is 22.7 Å². The van der Waals surface area contributed by atoms with E-state index in [1.165, 1.54) is 0 Å². The lowest BCUT2D eigenvalue weighted by atomic mass is 10.1. The van der Waals surface area contributed by atoms with Crippen molar-refractivity contribution in [3.63, 3.8) is 0 Å². The van der Waals surface area contributed by atoms with Crippen LogP contribution in [0.25, 0.3) is 0 Å². The molecule has 3 rings (SSSR count). The standard InChI is InChI=1S/C18H17ClFNO4/c19-14-9-13(18(22)23)15(20)8-11(14)10-24-16-6-3-7-17(21-16)25-12-4-1-2-5-12/h3,6-9,12H,1-2,4-5,10H2,(H,22,23). The maximum atomic E-state index is 13.8. The third-order valence-electron chi connectivity index (χ3n) is 4.03. The molecule has 0 amide bonds. The van der Waals surface area contributed by atoms with Gasteiger partial charge < -0.3 is 14.6 Å². The molecule has 0 spiro atoms. The highest BCUT2D eigenvalue weighted by Crippen LogP contribution is 2.25. The second-order valence-electron chi connectivity index (χ2n) is 5.86. The first-order valence-corrected chi connectivity index (χ1v) is 8.38. The lowest BCUT2D eigenvalue weighted by Gasteiger charge is -2.13. The van der Waals surface area contributed by atoms with Gasteiger partial charge in [-0.25, -0.2) is 9.18 Å². The van der Waals surface area contributed by atoms with Crippen LogP contribution in [0.1, 0.15) is 41.6 Å². The quantitative estimate of drug-likeness (QED) is 0.817. The van der Waals surface area contributed by atoms with Crippen molar-refractivity contribution < 1.29 is 23.8 Å². The molecule has 1 N–H and O–H groups in total. The highest BCUT2D eigenvalue weighted by molar-refractivity contribution is 6.31. The molecular formula is C18H17ClFNO4. The molecule has 0 saturated heterocycles. The van der Waals surface area contributed by atoms with E-state index in [0.717, 1.165) is 37.8 Å². The van der Waals surface area contributed by atoms with Crippen molar-refractivity contribution in [3.05, 3.63) is 52.3 Å². The van der Waals surface area contributed by atoms with E-state index < -0.39 is 17.3 Å². The van der Waals surface area contributed by atoms with Gasteiger partial charge in [-0.2, -0.15) is 4.98 Å². The second-order valence-corrected chi connectivity index (χ2v) is 6.26. The van der Waals surface area contributed by atoms with Crippen LogP contribution < -0.4 is 9.47 Å². The SMILES string of the molecule is O=C(O)c1cc(Cl)c(COc2cccc(OC3CCCC3)n2)cc1F. The van der Waals surface area contributed by atoms with Crippen LogP contribution in [-0.4, -0.2) is 22.2 Å². The van der Waals surface area contributed by atoms with Crippen LogP contribution >= 0.6 is 11.6 Å². The molecule has 1 aromatic heterocycles. The molecule has 0 atom stereocenters. The Hall–Kier alpha value is -2.34. The molecule has 0 bridgehead atoms. The topological polar surface area (TPSA) is 68.7 Å². The largest absolute Gasteiger partial charge is 0.478 e. The fourth-order valence-electron chi connectivity index (χ4n) is 2.73.